The molecule has 3 rings (SSSR count). The largest absolute Gasteiger partial charge is 0.492 e. The highest BCUT2D eigenvalue weighted by atomic mass is 16.6. The van der Waals surface area contributed by atoms with E-state index in [-0.39, 0.29) is 17.0 Å². The molecule has 0 unspecified atom stereocenters. The lowest BCUT2D eigenvalue weighted by Crippen LogP contribution is -2.14. The van der Waals surface area contributed by atoms with Gasteiger partial charge < -0.3 is 14.5 Å². The zero-order chi connectivity index (χ0) is 21.5. The van der Waals surface area contributed by atoms with Crippen molar-refractivity contribution in [3.8, 4) is 23.1 Å². The fraction of sp³-hybridized carbons (Fsp3) is 0.0909. The number of carbonyl (C=O) groups excluding carboxylic acids is 1. The van der Waals surface area contributed by atoms with Crippen molar-refractivity contribution in [2.24, 2.45) is 0 Å². The fourth-order valence-electron chi connectivity index (χ4n) is 2.69. The van der Waals surface area contributed by atoms with Crippen LogP contribution < -0.4 is 10.1 Å². The number of ether oxygens (including phenoxy) is 1. The number of anilines is 1. The molecule has 0 aliphatic heterocycles. The van der Waals surface area contributed by atoms with Crippen LogP contribution in [-0.2, 0) is 4.79 Å². The number of non-ortho nitro benzene ring substituents is 1. The first-order valence-corrected chi connectivity index (χ1v) is 9.01. The molecule has 0 atom stereocenters. The van der Waals surface area contributed by atoms with Crippen LogP contribution in [0.15, 0.2) is 70.7 Å². The van der Waals surface area contributed by atoms with E-state index < -0.39 is 10.8 Å². The Labute approximate surface area is 172 Å². The smallest absolute Gasteiger partial charge is 0.270 e. The molecule has 0 radical (unpaired) electrons. The first-order valence-electron chi connectivity index (χ1n) is 9.01. The maximum atomic E-state index is 12.5. The molecule has 8 nitrogen and oxygen atoms in total. The van der Waals surface area contributed by atoms with E-state index in [1.807, 2.05) is 13.0 Å². The highest BCUT2D eigenvalue weighted by Gasteiger charge is 2.14. The van der Waals surface area contributed by atoms with Gasteiger partial charge in [-0.2, -0.15) is 5.26 Å². The average molecular weight is 403 g/mol. The Morgan fingerprint density at radius 3 is 2.77 bits per heavy atom. The van der Waals surface area contributed by atoms with Gasteiger partial charge in [-0.3, -0.25) is 14.9 Å². The van der Waals surface area contributed by atoms with Gasteiger partial charge in [-0.05, 0) is 31.2 Å². The standard InChI is InChI=1S/C22H17N3O5/c1-2-29-21-9-4-3-8-19(21)24-22(26)16(14-23)13-18-10-11-20(30-18)15-6-5-7-17(12-15)25(27)28/h3-13H,2H2,1H3,(H,24,26). The number of nitriles is 1. The summed E-state index contributed by atoms with van der Waals surface area (Å²) in [6.07, 6.45) is 1.31. The molecular formula is C22H17N3O5. The van der Waals surface area contributed by atoms with E-state index >= 15 is 0 Å². The number of nitrogens with zero attached hydrogens (tertiary/aromatic N) is 2. The van der Waals surface area contributed by atoms with Gasteiger partial charge in [0.1, 0.15) is 28.9 Å². The van der Waals surface area contributed by atoms with Crippen LogP contribution in [0.5, 0.6) is 5.75 Å². The maximum absolute atomic E-state index is 12.5. The van der Waals surface area contributed by atoms with Crippen molar-refractivity contribution in [3.63, 3.8) is 0 Å². The molecule has 3 aromatic rings. The minimum atomic E-state index is -0.613. The van der Waals surface area contributed by atoms with E-state index in [1.165, 1.54) is 18.2 Å². The number of nitrogens with one attached hydrogen (secondary N) is 1. The van der Waals surface area contributed by atoms with Crippen molar-refractivity contribution < 1.29 is 18.9 Å². The van der Waals surface area contributed by atoms with Crippen LogP contribution in [0.4, 0.5) is 11.4 Å². The van der Waals surface area contributed by atoms with Gasteiger partial charge in [0.25, 0.3) is 11.6 Å². The summed E-state index contributed by atoms with van der Waals surface area (Å²) in [5.41, 5.74) is 0.729. The van der Waals surface area contributed by atoms with E-state index in [2.05, 4.69) is 5.32 Å². The molecule has 8 heteroatoms. The Hall–Kier alpha value is -4.38. The third-order valence-electron chi connectivity index (χ3n) is 4.06. The topological polar surface area (TPSA) is 118 Å². The minimum Gasteiger partial charge on any atom is -0.492 e. The third-order valence-corrected chi connectivity index (χ3v) is 4.06. The van der Waals surface area contributed by atoms with Gasteiger partial charge in [0.15, 0.2) is 0 Å². The van der Waals surface area contributed by atoms with Gasteiger partial charge in [-0.15, -0.1) is 0 Å². The van der Waals surface area contributed by atoms with Gasteiger partial charge in [-0.25, -0.2) is 0 Å². The van der Waals surface area contributed by atoms with Crippen LogP contribution in [0.25, 0.3) is 17.4 Å². The van der Waals surface area contributed by atoms with Gasteiger partial charge in [0, 0.05) is 23.8 Å². The first-order chi connectivity index (χ1) is 14.5. The second kappa shape index (κ2) is 9.21. The normalized spacial score (nSPS) is 10.9. The second-order valence-electron chi connectivity index (χ2n) is 6.06. The molecule has 0 bridgehead atoms. The van der Waals surface area contributed by atoms with Crippen LogP contribution in [0, 0.1) is 21.4 Å². The van der Waals surface area contributed by atoms with Gasteiger partial charge in [-0.1, -0.05) is 24.3 Å². The number of hydrogen-bond donors (Lipinski definition) is 1. The van der Waals surface area contributed by atoms with E-state index in [9.17, 15) is 20.2 Å². The number of carbonyl (C=O) groups is 1. The highest BCUT2D eigenvalue weighted by molar-refractivity contribution is 6.10. The third kappa shape index (κ3) is 4.72. The summed E-state index contributed by atoms with van der Waals surface area (Å²) in [5, 5.41) is 23.0. The summed E-state index contributed by atoms with van der Waals surface area (Å²) < 4.78 is 11.1. The number of benzene rings is 2. The van der Waals surface area contributed by atoms with Gasteiger partial charge >= 0.3 is 0 Å². The quantitative estimate of drug-likeness (QED) is 0.262. The lowest BCUT2D eigenvalue weighted by atomic mass is 10.1. The fourth-order valence-corrected chi connectivity index (χ4v) is 2.69. The molecule has 0 saturated heterocycles. The number of furan rings is 1. The van der Waals surface area contributed by atoms with Crippen molar-refractivity contribution >= 4 is 23.4 Å². The summed E-state index contributed by atoms with van der Waals surface area (Å²) in [7, 11) is 0. The Morgan fingerprint density at radius 2 is 2.03 bits per heavy atom. The molecule has 0 aliphatic carbocycles. The summed E-state index contributed by atoms with van der Waals surface area (Å²) in [6.45, 7) is 2.26. The van der Waals surface area contributed by atoms with Crippen LogP contribution >= 0.6 is 0 Å². The molecule has 1 aromatic heterocycles. The van der Waals surface area contributed by atoms with Crippen molar-refractivity contribution in [2.75, 3.05) is 11.9 Å². The van der Waals surface area contributed by atoms with E-state index in [0.717, 1.165) is 0 Å². The van der Waals surface area contributed by atoms with E-state index in [1.54, 1.807) is 48.5 Å². The van der Waals surface area contributed by atoms with E-state index in [4.69, 9.17) is 9.15 Å². The van der Waals surface area contributed by atoms with E-state index in [0.29, 0.717) is 29.4 Å². The zero-order valence-corrected chi connectivity index (χ0v) is 16.0. The van der Waals surface area contributed by atoms with Crippen LogP contribution in [0.3, 0.4) is 0 Å². The molecule has 0 fully saturated rings. The summed E-state index contributed by atoms with van der Waals surface area (Å²) in [5.74, 6) is 0.528. The summed E-state index contributed by atoms with van der Waals surface area (Å²) in [6, 6.07) is 17.9. The van der Waals surface area contributed by atoms with Gasteiger partial charge in [0.05, 0.1) is 17.2 Å². The average Bonchev–Trinajstić information content (AvgIpc) is 3.22. The molecule has 0 aliphatic rings. The Balaban J connectivity index is 1.82. The minimum absolute atomic E-state index is 0.0638. The van der Waals surface area contributed by atoms with Crippen LogP contribution in [0.2, 0.25) is 0 Å². The number of rotatable bonds is 7. The summed E-state index contributed by atoms with van der Waals surface area (Å²) in [4.78, 5) is 23.0. The monoisotopic (exact) mass is 403 g/mol. The predicted octanol–water partition coefficient (Wildman–Crippen LogP) is 4.80. The predicted molar refractivity (Wildman–Crippen MR) is 111 cm³/mol. The summed E-state index contributed by atoms with van der Waals surface area (Å²) >= 11 is 0. The number of nitro benzene ring substituents is 1. The number of nitro groups is 1. The molecular weight excluding hydrogens is 386 g/mol. The zero-order valence-electron chi connectivity index (χ0n) is 16.0. The molecule has 1 N–H and O–H groups in total. The maximum Gasteiger partial charge on any atom is 0.270 e. The Kier molecular flexibility index (Phi) is 6.25. The molecule has 30 heavy (non-hydrogen) atoms. The number of para-hydroxylation sites is 2. The van der Waals surface area contributed by atoms with Crippen molar-refractivity contribution in [3.05, 3.63) is 82.1 Å². The number of hydrogen-bond acceptors (Lipinski definition) is 6. The lowest BCUT2D eigenvalue weighted by Gasteiger charge is -2.10. The molecule has 0 spiro atoms. The molecule has 2 aromatic carbocycles. The van der Waals surface area contributed by atoms with Crippen molar-refractivity contribution in [1.29, 1.82) is 5.26 Å². The number of amides is 1. The second-order valence-corrected chi connectivity index (χ2v) is 6.06. The molecule has 0 saturated carbocycles. The lowest BCUT2D eigenvalue weighted by molar-refractivity contribution is -0.384. The highest BCUT2D eigenvalue weighted by Crippen LogP contribution is 2.27. The molecule has 150 valence electrons. The Bertz CT molecular complexity index is 1160. The SMILES string of the molecule is CCOc1ccccc1NC(=O)C(C#N)=Cc1ccc(-c2cccc([N+](=O)[O-])c2)o1. The van der Waals surface area contributed by atoms with Crippen molar-refractivity contribution in [1.82, 2.24) is 0 Å². The molecule has 1 amide bonds. The Morgan fingerprint density at radius 1 is 1.23 bits per heavy atom. The molecule has 1 heterocycles. The van der Waals surface area contributed by atoms with Gasteiger partial charge in [0.2, 0.25) is 0 Å². The van der Waals surface area contributed by atoms with Crippen LogP contribution in [-0.4, -0.2) is 17.4 Å². The first kappa shape index (κ1) is 20.4. The van der Waals surface area contributed by atoms with Crippen LogP contribution in [0.1, 0.15) is 12.7 Å². The van der Waals surface area contributed by atoms with Crippen molar-refractivity contribution in [2.45, 2.75) is 6.92 Å².